The highest BCUT2D eigenvalue weighted by atomic mass is 32.2. The van der Waals surface area contributed by atoms with Crippen LogP contribution in [0, 0.1) is 12.8 Å². The van der Waals surface area contributed by atoms with Gasteiger partial charge < -0.3 is 0 Å². The van der Waals surface area contributed by atoms with Crippen molar-refractivity contribution in [1.29, 1.82) is 0 Å². The number of hydrogen-bond acceptors (Lipinski definition) is 4. The summed E-state index contributed by atoms with van der Waals surface area (Å²) in [6.07, 6.45) is 2.46. The summed E-state index contributed by atoms with van der Waals surface area (Å²) in [5.41, 5.74) is 0.795. The lowest BCUT2D eigenvalue weighted by atomic mass is 10.0. The smallest absolute Gasteiger partial charge is 0.264 e. The molecule has 0 bridgehead atoms. The SMILES string of the molecule is CCCCC(C)C(=O)NS(=O)(=O)c1cc(C(C)=O)ccc1C. The molecule has 0 heterocycles. The molecule has 122 valence electrons. The van der Waals surface area contributed by atoms with Crippen molar-refractivity contribution in [3.63, 3.8) is 0 Å². The molecule has 0 aliphatic rings. The van der Waals surface area contributed by atoms with Gasteiger partial charge in [-0.25, -0.2) is 13.1 Å². The molecule has 0 fully saturated rings. The maximum Gasteiger partial charge on any atom is 0.264 e. The van der Waals surface area contributed by atoms with Gasteiger partial charge in [-0.05, 0) is 31.9 Å². The molecule has 0 saturated heterocycles. The number of ketones is 1. The minimum Gasteiger partial charge on any atom is -0.295 e. The Hall–Kier alpha value is -1.69. The average molecular weight is 325 g/mol. The van der Waals surface area contributed by atoms with Crippen molar-refractivity contribution in [2.45, 2.75) is 51.9 Å². The van der Waals surface area contributed by atoms with Gasteiger partial charge in [0.2, 0.25) is 5.91 Å². The molecule has 1 N–H and O–H groups in total. The second kappa shape index (κ2) is 7.54. The summed E-state index contributed by atoms with van der Waals surface area (Å²) in [5, 5.41) is 0. The number of carbonyl (C=O) groups excluding carboxylic acids is 2. The van der Waals surface area contributed by atoms with E-state index in [9.17, 15) is 18.0 Å². The molecule has 5 nitrogen and oxygen atoms in total. The fraction of sp³-hybridized carbons (Fsp3) is 0.500. The predicted molar refractivity (Wildman–Crippen MR) is 85.2 cm³/mol. The molecule has 0 aromatic heterocycles. The van der Waals surface area contributed by atoms with Gasteiger partial charge in [-0.2, -0.15) is 0 Å². The van der Waals surface area contributed by atoms with Crippen LogP contribution < -0.4 is 4.72 Å². The number of benzene rings is 1. The van der Waals surface area contributed by atoms with Gasteiger partial charge in [-0.15, -0.1) is 0 Å². The van der Waals surface area contributed by atoms with Crippen LogP contribution in [-0.2, 0) is 14.8 Å². The fourth-order valence-corrected chi connectivity index (χ4v) is 3.39. The number of sulfonamides is 1. The number of amides is 1. The van der Waals surface area contributed by atoms with E-state index < -0.39 is 15.9 Å². The Bertz CT molecular complexity index is 665. The van der Waals surface area contributed by atoms with E-state index in [2.05, 4.69) is 4.72 Å². The highest BCUT2D eigenvalue weighted by Gasteiger charge is 2.23. The first-order valence-corrected chi connectivity index (χ1v) is 8.85. The monoisotopic (exact) mass is 325 g/mol. The van der Waals surface area contributed by atoms with E-state index in [4.69, 9.17) is 0 Å². The standard InChI is InChI=1S/C16H23NO4S/c1-5-6-7-12(3)16(19)17-22(20,21)15-10-14(13(4)18)9-8-11(15)2/h8-10,12H,5-7H2,1-4H3,(H,17,19). The van der Waals surface area contributed by atoms with E-state index >= 15 is 0 Å². The molecule has 6 heteroatoms. The lowest BCUT2D eigenvalue weighted by Gasteiger charge is -2.14. The lowest BCUT2D eigenvalue weighted by molar-refractivity contribution is -0.122. The van der Waals surface area contributed by atoms with Crippen LogP contribution in [0.5, 0.6) is 0 Å². The normalized spacial score (nSPS) is 12.7. The van der Waals surface area contributed by atoms with Gasteiger partial charge in [-0.1, -0.05) is 38.8 Å². The summed E-state index contributed by atoms with van der Waals surface area (Å²) >= 11 is 0. The lowest BCUT2D eigenvalue weighted by Crippen LogP contribution is -2.35. The zero-order valence-electron chi connectivity index (χ0n) is 13.5. The maximum absolute atomic E-state index is 12.4. The summed E-state index contributed by atoms with van der Waals surface area (Å²) in [6, 6.07) is 4.45. The predicted octanol–water partition coefficient (Wildman–Crippen LogP) is 2.83. The van der Waals surface area contributed by atoms with E-state index in [1.165, 1.54) is 13.0 Å². The van der Waals surface area contributed by atoms with E-state index in [-0.39, 0.29) is 16.6 Å². The zero-order chi connectivity index (χ0) is 16.9. The second-order valence-electron chi connectivity index (χ2n) is 5.55. The minimum absolute atomic E-state index is 0.0313. The molecule has 22 heavy (non-hydrogen) atoms. The number of rotatable bonds is 7. The van der Waals surface area contributed by atoms with Crippen molar-refractivity contribution >= 4 is 21.7 Å². The van der Waals surface area contributed by atoms with E-state index in [0.29, 0.717) is 17.5 Å². The second-order valence-corrected chi connectivity index (χ2v) is 7.20. The summed E-state index contributed by atoms with van der Waals surface area (Å²) in [7, 11) is -3.97. The molecule has 0 radical (unpaired) electrons. The van der Waals surface area contributed by atoms with Gasteiger partial charge in [-0.3, -0.25) is 9.59 Å². The first kappa shape index (κ1) is 18.4. The topological polar surface area (TPSA) is 80.3 Å². The van der Waals surface area contributed by atoms with Crippen LogP contribution in [0.4, 0.5) is 0 Å². The Kier molecular flexibility index (Phi) is 6.29. The molecular formula is C16H23NO4S. The quantitative estimate of drug-likeness (QED) is 0.782. The average Bonchev–Trinajstić information content (AvgIpc) is 2.44. The number of nitrogens with one attached hydrogen (secondary N) is 1. The number of carbonyl (C=O) groups is 2. The van der Waals surface area contributed by atoms with Gasteiger partial charge in [0.25, 0.3) is 10.0 Å². The Balaban J connectivity index is 3.02. The van der Waals surface area contributed by atoms with E-state index in [0.717, 1.165) is 12.8 Å². The molecule has 1 amide bonds. The third-order valence-electron chi connectivity index (χ3n) is 3.56. The van der Waals surface area contributed by atoms with Gasteiger partial charge in [0.05, 0.1) is 4.90 Å². The van der Waals surface area contributed by atoms with Crippen LogP contribution >= 0.6 is 0 Å². The fourth-order valence-electron chi connectivity index (χ4n) is 2.04. The molecule has 0 spiro atoms. The van der Waals surface area contributed by atoms with E-state index in [1.54, 1.807) is 26.0 Å². The third-order valence-corrected chi connectivity index (χ3v) is 5.05. The number of aryl methyl sites for hydroxylation is 1. The first-order valence-electron chi connectivity index (χ1n) is 7.37. The van der Waals surface area contributed by atoms with Crippen LogP contribution in [0.2, 0.25) is 0 Å². The van der Waals surface area contributed by atoms with Gasteiger partial charge in [0.15, 0.2) is 5.78 Å². The van der Waals surface area contributed by atoms with Gasteiger partial charge in [0.1, 0.15) is 0 Å². The Morgan fingerprint density at radius 2 is 1.91 bits per heavy atom. The largest absolute Gasteiger partial charge is 0.295 e. The van der Waals surface area contributed by atoms with Crippen LogP contribution in [0.15, 0.2) is 23.1 Å². The molecule has 1 rings (SSSR count). The van der Waals surface area contributed by atoms with Crippen molar-refractivity contribution in [1.82, 2.24) is 4.72 Å². The molecule has 1 aromatic rings. The zero-order valence-corrected chi connectivity index (χ0v) is 14.3. The van der Waals surface area contributed by atoms with Crippen molar-refractivity contribution in [3.05, 3.63) is 29.3 Å². The van der Waals surface area contributed by atoms with Crippen LogP contribution in [0.1, 0.15) is 56.0 Å². The number of hydrogen-bond donors (Lipinski definition) is 1. The first-order chi connectivity index (χ1) is 10.2. The Morgan fingerprint density at radius 3 is 2.45 bits per heavy atom. The van der Waals surface area contributed by atoms with Crippen molar-refractivity contribution in [3.8, 4) is 0 Å². The molecule has 1 atom stereocenters. The molecule has 0 aliphatic carbocycles. The summed E-state index contributed by atoms with van der Waals surface area (Å²) in [6.45, 7) is 6.72. The van der Waals surface area contributed by atoms with Gasteiger partial charge >= 0.3 is 0 Å². The maximum atomic E-state index is 12.4. The van der Waals surface area contributed by atoms with Crippen molar-refractivity contribution < 1.29 is 18.0 Å². The Morgan fingerprint density at radius 1 is 1.27 bits per heavy atom. The highest BCUT2D eigenvalue weighted by molar-refractivity contribution is 7.90. The van der Waals surface area contributed by atoms with Gasteiger partial charge in [0, 0.05) is 11.5 Å². The Labute approximate surface area is 132 Å². The molecule has 0 aliphatic heterocycles. The van der Waals surface area contributed by atoms with Crippen LogP contribution in [0.3, 0.4) is 0 Å². The van der Waals surface area contributed by atoms with E-state index in [1.807, 2.05) is 6.92 Å². The van der Waals surface area contributed by atoms with Crippen molar-refractivity contribution in [2.24, 2.45) is 5.92 Å². The third kappa shape index (κ3) is 4.66. The molecule has 1 unspecified atom stereocenters. The molecule has 1 aromatic carbocycles. The van der Waals surface area contributed by atoms with Crippen LogP contribution in [0.25, 0.3) is 0 Å². The number of unbranched alkanes of at least 4 members (excludes halogenated alkanes) is 1. The summed E-state index contributed by atoms with van der Waals surface area (Å²) < 4.78 is 26.9. The highest BCUT2D eigenvalue weighted by Crippen LogP contribution is 2.18. The summed E-state index contributed by atoms with van der Waals surface area (Å²) in [5.74, 6) is -1.11. The number of Topliss-reactive ketones (excluding diaryl/α,β-unsaturated/α-hetero) is 1. The van der Waals surface area contributed by atoms with Crippen LogP contribution in [-0.4, -0.2) is 20.1 Å². The summed E-state index contributed by atoms with van der Waals surface area (Å²) in [4.78, 5) is 23.4. The molecule has 0 saturated carbocycles. The van der Waals surface area contributed by atoms with Crippen molar-refractivity contribution in [2.75, 3.05) is 0 Å². The molecular weight excluding hydrogens is 302 g/mol. The minimum atomic E-state index is -3.97.